The molecule has 1 atom stereocenters. The van der Waals surface area contributed by atoms with Crippen LogP contribution >= 0.6 is 0 Å². The van der Waals surface area contributed by atoms with Crippen LogP contribution in [0.5, 0.6) is 0 Å². The smallest absolute Gasteiger partial charge is 0.115 e. The SMILES string of the molecule is CCCNC(c1cncnc1)c1ccnn1CC. The van der Waals surface area contributed by atoms with Gasteiger partial charge in [-0.25, -0.2) is 9.97 Å². The topological polar surface area (TPSA) is 55.6 Å². The van der Waals surface area contributed by atoms with Crippen molar-refractivity contribution in [1.82, 2.24) is 25.1 Å². The lowest BCUT2D eigenvalue weighted by Gasteiger charge is -2.19. The van der Waals surface area contributed by atoms with Crippen LogP contribution in [0.25, 0.3) is 0 Å². The van der Waals surface area contributed by atoms with Crippen molar-refractivity contribution in [2.45, 2.75) is 32.9 Å². The highest BCUT2D eigenvalue weighted by Crippen LogP contribution is 2.20. The third kappa shape index (κ3) is 2.73. The molecule has 5 heteroatoms. The molecule has 2 heterocycles. The Hall–Kier alpha value is -1.75. The Balaban J connectivity index is 2.31. The predicted octanol–water partition coefficient (Wildman–Crippen LogP) is 1.78. The predicted molar refractivity (Wildman–Crippen MR) is 70.1 cm³/mol. The van der Waals surface area contributed by atoms with Gasteiger partial charge in [0, 0.05) is 30.7 Å². The second-order valence-corrected chi connectivity index (χ2v) is 4.13. The molecule has 0 amide bonds. The zero-order valence-electron chi connectivity index (χ0n) is 10.9. The van der Waals surface area contributed by atoms with Crippen molar-refractivity contribution in [1.29, 1.82) is 0 Å². The molecule has 2 rings (SSSR count). The lowest BCUT2D eigenvalue weighted by Crippen LogP contribution is -2.26. The van der Waals surface area contributed by atoms with Gasteiger partial charge in [-0.1, -0.05) is 6.92 Å². The summed E-state index contributed by atoms with van der Waals surface area (Å²) in [7, 11) is 0. The highest BCUT2D eigenvalue weighted by atomic mass is 15.3. The standard InChI is InChI=1S/C13H19N5/c1-3-6-16-13(11-8-14-10-15-9-11)12-5-7-17-18(12)4-2/h5,7-10,13,16H,3-4,6H2,1-2H3. The quantitative estimate of drug-likeness (QED) is 0.843. The monoisotopic (exact) mass is 245 g/mol. The normalized spacial score (nSPS) is 12.6. The number of aryl methyl sites for hydroxylation is 1. The van der Waals surface area contributed by atoms with Gasteiger partial charge in [-0.15, -0.1) is 0 Å². The summed E-state index contributed by atoms with van der Waals surface area (Å²) >= 11 is 0. The lowest BCUT2D eigenvalue weighted by atomic mass is 10.1. The third-order valence-corrected chi connectivity index (χ3v) is 2.86. The molecule has 0 radical (unpaired) electrons. The van der Waals surface area contributed by atoms with E-state index in [0.29, 0.717) is 0 Å². The first-order valence-electron chi connectivity index (χ1n) is 6.36. The Morgan fingerprint density at radius 2 is 2.06 bits per heavy atom. The second-order valence-electron chi connectivity index (χ2n) is 4.13. The Morgan fingerprint density at radius 3 is 2.72 bits per heavy atom. The average Bonchev–Trinajstić information content (AvgIpc) is 2.89. The van der Waals surface area contributed by atoms with Gasteiger partial charge in [0.15, 0.2) is 0 Å². The first kappa shape index (κ1) is 12.7. The van der Waals surface area contributed by atoms with Crippen LogP contribution in [0.4, 0.5) is 0 Å². The van der Waals surface area contributed by atoms with E-state index in [4.69, 9.17) is 0 Å². The summed E-state index contributed by atoms with van der Waals surface area (Å²) in [5.41, 5.74) is 2.22. The highest BCUT2D eigenvalue weighted by molar-refractivity contribution is 5.22. The number of hydrogen-bond acceptors (Lipinski definition) is 4. The minimum Gasteiger partial charge on any atom is -0.305 e. The molecule has 0 saturated heterocycles. The molecule has 18 heavy (non-hydrogen) atoms. The number of aromatic nitrogens is 4. The van der Waals surface area contributed by atoms with E-state index < -0.39 is 0 Å². The molecule has 0 saturated carbocycles. The van der Waals surface area contributed by atoms with Crippen molar-refractivity contribution in [3.05, 3.63) is 42.2 Å². The molecule has 0 spiro atoms. The zero-order chi connectivity index (χ0) is 12.8. The van der Waals surface area contributed by atoms with Crippen LogP contribution in [0.3, 0.4) is 0 Å². The van der Waals surface area contributed by atoms with E-state index in [2.05, 4.69) is 34.2 Å². The number of rotatable bonds is 6. The van der Waals surface area contributed by atoms with Crippen molar-refractivity contribution in [2.75, 3.05) is 6.54 Å². The molecule has 1 N–H and O–H groups in total. The van der Waals surface area contributed by atoms with E-state index in [1.807, 2.05) is 29.3 Å². The van der Waals surface area contributed by atoms with Gasteiger partial charge in [-0.2, -0.15) is 5.10 Å². The lowest BCUT2D eigenvalue weighted by molar-refractivity contribution is 0.527. The molecular weight excluding hydrogens is 226 g/mol. The summed E-state index contributed by atoms with van der Waals surface area (Å²) in [6, 6.07) is 2.15. The van der Waals surface area contributed by atoms with Gasteiger partial charge in [0.2, 0.25) is 0 Å². The Kier molecular flexibility index (Phi) is 4.41. The summed E-state index contributed by atoms with van der Waals surface area (Å²) in [6.07, 6.45) is 8.19. The van der Waals surface area contributed by atoms with Gasteiger partial charge >= 0.3 is 0 Å². The largest absolute Gasteiger partial charge is 0.305 e. The van der Waals surface area contributed by atoms with Crippen molar-refractivity contribution in [3.8, 4) is 0 Å². The zero-order valence-corrected chi connectivity index (χ0v) is 10.9. The summed E-state index contributed by atoms with van der Waals surface area (Å²) in [5, 5.41) is 7.85. The fraction of sp³-hybridized carbons (Fsp3) is 0.462. The van der Waals surface area contributed by atoms with Crippen molar-refractivity contribution in [2.24, 2.45) is 0 Å². The van der Waals surface area contributed by atoms with Crippen molar-refractivity contribution in [3.63, 3.8) is 0 Å². The molecule has 2 aromatic heterocycles. The average molecular weight is 245 g/mol. The van der Waals surface area contributed by atoms with Crippen LogP contribution in [0.15, 0.2) is 31.0 Å². The molecule has 5 nitrogen and oxygen atoms in total. The molecule has 0 aliphatic carbocycles. The maximum Gasteiger partial charge on any atom is 0.115 e. The van der Waals surface area contributed by atoms with Gasteiger partial charge in [0.1, 0.15) is 6.33 Å². The number of hydrogen-bond donors (Lipinski definition) is 1. The first-order chi connectivity index (χ1) is 8.86. The van der Waals surface area contributed by atoms with Crippen LogP contribution in [-0.2, 0) is 6.54 Å². The fourth-order valence-electron chi connectivity index (χ4n) is 1.99. The van der Waals surface area contributed by atoms with Crippen LogP contribution in [0, 0.1) is 0 Å². The highest BCUT2D eigenvalue weighted by Gasteiger charge is 2.17. The molecule has 0 aliphatic rings. The van der Waals surface area contributed by atoms with Crippen molar-refractivity contribution >= 4 is 0 Å². The molecular formula is C13H19N5. The van der Waals surface area contributed by atoms with Crippen LogP contribution in [0.1, 0.15) is 37.6 Å². The molecule has 0 bridgehead atoms. The first-order valence-corrected chi connectivity index (χ1v) is 6.36. The van der Waals surface area contributed by atoms with Gasteiger partial charge < -0.3 is 5.32 Å². The third-order valence-electron chi connectivity index (χ3n) is 2.86. The van der Waals surface area contributed by atoms with E-state index in [-0.39, 0.29) is 6.04 Å². The Labute approximate surface area is 107 Å². The second kappa shape index (κ2) is 6.26. The van der Waals surface area contributed by atoms with Gasteiger partial charge in [-0.05, 0) is 26.0 Å². The molecule has 0 aromatic carbocycles. The summed E-state index contributed by atoms with van der Waals surface area (Å²) in [4.78, 5) is 8.20. The summed E-state index contributed by atoms with van der Waals surface area (Å²) in [5.74, 6) is 0. The van der Waals surface area contributed by atoms with E-state index in [1.165, 1.54) is 0 Å². The van der Waals surface area contributed by atoms with E-state index in [0.717, 1.165) is 30.8 Å². The van der Waals surface area contributed by atoms with Crippen LogP contribution < -0.4 is 5.32 Å². The Bertz CT molecular complexity index is 465. The number of nitrogens with zero attached hydrogens (tertiary/aromatic N) is 4. The van der Waals surface area contributed by atoms with E-state index in [9.17, 15) is 0 Å². The molecule has 2 aromatic rings. The van der Waals surface area contributed by atoms with Crippen LogP contribution in [-0.4, -0.2) is 26.3 Å². The van der Waals surface area contributed by atoms with Gasteiger partial charge in [0.05, 0.1) is 11.7 Å². The van der Waals surface area contributed by atoms with Gasteiger partial charge in [-0.3, -0.25) is 4.68 Å². The summed E-state index contributed by atoms with van der Waals surface area (Å²) in [6.45, 7) is 6.06. The maximum absolute atomic E-state index is 4.33. The maximum atomic E-state index is 4.33. The molecule has 96 valence electrons. The Morgan fingerprint density at radius 1 is 1.28 bits per heavy atom. The molecule has 0 fully saturated rings. The minimum atomic E-state index is 0.105. The number of nitrogens with one attached hydrogen (secondary N) is 1. The fourth-order valence-corrected chi connectivity index (χ4v) is 1.99. The van der Waals surface area contributed by atoms with Crippen LogP contribution in [0.2, 0.25) is 0 Å². The molecule has 0 aliphatic heterocycles. The minimum absolute atomic E-state index is 0.105. The summed E-state index contributed by atoms with van der Waals surface area (Å²) < 4.78 is 2.00. The van der Waals surface area contributed by atoms with E-state index in [1.54, 1.807) is 6.33 Å². The van der Waals surface area contributed by atoms with Crippen molar-refractivity contribution < 1.29 is 0 Å². The van der Waals surface area contributed by atoms with Gasteiger partial charge in [0.25, 0.3) is 0 Å². The molecule has 1 unspecified atom stereocenters. The van der Waals surface area contributed by atoms with E-state index >= 15 is 0 Å².